The van der Waals surface area contributed by atoms with E-state index in [4.69, 9.17) is 0 Å². The molecule has 1 heterocycles. The van der Waals surface area contributed by atoms with Crippen molar-refractivity contribution in [2.24, 2.45) is 5.92 Å². The maximum absolute atomic E-state index is 12.2. The van der Waals surface area contributed by atoms with Crippen molar-refractivity contribution in [1.82, 2.24) is 10.2 Å². The van der Waals surface area contributed by atoms with Crippen LogP contribution in [0.15, 0.2) is 0 Å². The van der Waals surface area contributed by atoms with Crippen LogP contribution >= 0.6 is 11.8 Å². The van der Waals surface area contributed by atoms with Crippen LogP contribution in [-0.2, 0) is 4.79 Å². The zero-order chi connectivity index (χ0) is 14.5. The number of nitrogens with one attached hydrogen (secondary N) is 1. The summed E-state index contributed by atoms with van der Waals surface area (Å²) >= 11 is 1.56. The summed E-state index contributed by atoms with van der Waals surface area (Å²) in [6, 6.07) is -0.899. The van der Waals surface area contributed by atoms with E-state index in [1.165, 1.54) is 30.6 Å². The van der Waals surface area contributed by atoms with Crippen LogP contribution < -0.4 is 5.32 Å². The first-order chi connectivity index (χ1) is 9.63. The Morgan fingerprint density at radius 3 is 2.65 bits per heavy atom. The number of urea groups is 1. The molecule has 0 spiro atoms. The van der Waals surface area contributed by atoms with Crippen LogP contribution in [0.5, 0.6) is 0 Å². The van der Waals surface area contributed by atoms with Crippen molar-refractivity contribution >= 4 is 23.8 Å². The molecular formula is C14H24N2O3S. The molecule has 2 N–H and O–H groups in total. The lowest BCUT2D eigenvalue weighted by Crippen LogP contribution is -2.50. The van der Waals surface area contributed by atoms with E-state index in [0.717, 1.165) is 18.8 Å². The molecular weight excluding hydrogens is 276 g/mol. The molecule has 2 fully saturated rings. The molecule has 1 aliphatic heterocycles. The summed E-state index contributed by atoms with van der Waals surface area (Å²) < 4.78 is 0. The van der Waals surface area contributed by atoms with Crippen LogP contribution in [0.1, 0.15) is 45.4 Å². The number of aliphatic carboxylic acids is 1. The summed E-state index contributed by atoms with van der Waals surface area (Å²) in [6.07, 6.45) is 6.95. The zero-order valence-corrected chi connectivity index (χ0v) is 12.8. The monoisotopic (exact) mass is 300 g/mol. The van der Waals surface area contributed by atoms with Gasteiger partial charge in [0.2, 0.25) is 0 Å². The van der Waals surface area contributed by atoms with Gasteiger partial charge in [-0.25, -0.2) is 9.59 Å². The molecule has 20 heavy (non-hydrogen) atoms. The van der Waals surface area contributed by atoms with Crippen LogP contribution in [0, 0.1) is 5.92 Å². The zero-order valence-electron chi connectivity index (χ0n) is 12.0. The number of nitrogens with zero attached hydrogens (tertiary/aromatic N) is 1. The Balaban J connectivity index is 1.83. The number of carboxylic acid groups (broad SMARTS) is 1. The SMILES string of the molecule is CCC1SCC(C(=O)O)N1C(=O)NCCC1CCCC1. The molecule has 5 nitrogen and oxygen atoms in total. The van der Waals surface area contributed by atoms with Gasteiger partial charge >= 0.3 is 12.0 Å². The predicted octanol–water partition coefficient (Wildman–Crippen LogP) is 2.51. The van der Waals surface area contributed by atoms with Crippen molar-refractivity contribution < 1.29 is 14.7 Å². The van der Waals surface area contributed by atoms with E-state index in [-0.39, 0.29) is 11.4 Å². The lowest BCUT2D eigenvalue weighted by molar-refractivity contribution is -0.141. The van der Waals surface area contributed by atoms with Crippen LogP contribution in [0.4, 0.5) is 4.79 Å². The fraction of sp³-hybridized carbons (Fsp3) is 0.857. The molecule has 2 aliphatic rings. The van der Waals surface area contributed by atoms with Gasteiger partial charge in [0.15, 0.2) is 0 Å². The van der Waals surface area contributed by atoms with Gasteiger partial charge in [0.1, 0.15) is 6.04 Å². The van der Waals surface area contributed by atoms with Gasteiger partial charge in [-0.2, -0.15) is 0 Å². The Morgan fingerprint density at radius 1 is 1.35 bits per heavy atom. The highest BCUT2D eigenvalue weighted by Crippen LogP contribution is 2.31. The summed E-state index contributed by atoms with van der Waals surface area (Å²) in [5, 5.41) is 12.1. The van der Waals surface area contributed by atoms with Gasteiger partial charge in [-0.1, -0.05) is 32.6 Å². The van der Waals surface area contributed by atoms with Crippen LogP contribution in [-0.4, -0.2) is 45.7 Å². The fourth-order valence-electron chi connectivity index (χ4n) is 3.11. The number of thioether (sulfide) groups is 1. The second-order valence-electron chi connectivity index (χ2n) is 5.63. The van der Waals surface area contributed by atoms with Crippen molar-refractivity contribution in [2.45, 2.75) is 56.9 Å². The minimum atomic E-state index is -0.903. The summed E-state index contributed by atoms with van der Waals surface area (Å²) in [5.41, 5.74) is 0. The molecule has 0 aromatic heterocycles. The first-order valence-corrected chi connectivity index (χ1v) is 8.59. The molecule has 2 unspecified atom stereocenters. The quantitative estimate of drug-likeness (QED) is 0.818. The molecule has 6 heteroatoms. The molecule has 2 rings (SSSR count). The molecule has 1 saturated heterocycles. The highest BCUT2D eigenvalue weighted by Gasteiger charge is 2.40. The number of hydrogen-bond acceptors (Lipinski definition) is 3. The normalized spacial score (nSPS) is 26.9. The number of carbonyl (C=O) groups is 2. The van der Waals surface area contributed by atoms with Crippen LogP contribution in [0.2, 0.25) is 0 Å². The Morgan fingerprint density at radius 2 is 2.05 bits per heavy atom. The summed E-state index contributed by atoms with van der Waals surface area (Å²) in [7, 11) is 0. The average Bonchev–Trinajstić information content (AvgIpc) is 3.07. The van der Waals surface area contributed by atoms with Crippen molar-refractivity contribution in [2.75, 3.05) is 12.3 Å². The Bertz CT molecular complexity index is 358. The smallest absolute Gasteiger partial charge is 0.327 e. The van der Waals surface area contributed by atoms with Crippen molar-refractivity contribution in [1.29, 1.82) is 0 Å². The summed E-state index contributed by atoms with van der Waals surface area (Å²) in [5.74, 6) is 0.323. The maximum atomic E-state index is 12.2. The second-order valence-corrected chi connectivity index (χ2v) is 6.84. The van der Waals surface area contributed by atoms with Gasteiger partial charge in [0.25, 0.3) is 0 Å². The molecule has 0 radical (unpaired) electrons. The van der Waals surface area contributed by atoms with E-state index in [0.29, 0.717) is 12.3 Å². The number of carboxylic acids is 1. The van der Waals surface area contributed by atoms with E-state index < -0.39 is 12.0 Å². The van der Waals surface area contributed by atoms with E-state index in [9.17, 15) is 14.7 Å². The Kier molecular flexibility index (Phi) is 5.57. The number of amides is 2. The highest BCUT2D eigenvalue weighted by molar-refractivity contribution is 8.00. The third kappa shape index (κ3) is 3.59. The van der Waals surface area contributed by atoms with E-state index >= 15 is 0 Å². The van der Waals surface area contributed by atoms with E-state index in [2.05, 4.69) is 5.32 Å². The topological polar surface area (TPSA) is 69.6 Å². The molecule has 1 aliphatic carbocycles. The number of hydrogen-bond donors (Lipinski definition) is 2. The van der Waals surface area contributed by atoms with E-state index in [1.54, 1.807) is 11.8 Å². The second kappa shape index (κ2) is 7.20. The van der Waals surface area contributed by atoms with Gasteiger partial charge in [-0.15, -0.1) is 11.8 Å². The minimum absolute atomic E-state index is 0.0115. The predicted molar refractivity (Wildman–Crippen MR) is 79.8 cm³/mol. The Hall–Kier alpha value is -0.910. The molecule has 114 valence electrons. The first-order valence-electron chi connectivity index (χ1n) is 7.54. The third-order valence-corrected chi connectivity index (χ3v) is 5.72. The Labute approximate surface area is 124 Å². The third-order valence-electron chi connectivity index (χ3n) is 4.26. The molecule has 1 saturated carbocycles. The van der Waals surface area contributed by atoms with Crippen molar-refractivity contribution in [3.05, 3.63) is 0 Å². The van der Waals surface area contributed by atoms with Gasteiger partial charge in [-0.3, -0.25) is 4.90 Å². The van der Waals surface area contributed by atoms with Crippen molar-refractivity contribution in [3.63, 3.8) is 0 Å². The van der Waals surface area contributed by atoms with Gasteiger partial charge in [0, 0.05) is 12.3 Å². The lowest BCUT2D eigenvalue weighted by Gasteiger charge is -2.27. The number of rotatable bonds is 5. The largest absolute Gasteiger partial charge is 0.480 e. The highest BCUT2D eigenvalue weighted by atomic mass is 32.2. The molecule has 2 amide bonds. The molecule has 2 atom stereocenters. The van der Waals surface area contributed by atoms with Gasteiger partial charge in [0.05, 0.1) is 5.37 Å². The average molecular weight is 300 g/mol. The van der Waals surface area contributed by atoms with Gasteiger partial charge < -0.3 is 10.4 Å². The first kappa shape index (κ1) is 15.5. The van der Waals surface area contributed by atoms with E-state index in [1.807, 2.05) is 6.92 Å². The number of carbonyl (C=O) groups excluding carboxylic acids is 1. The standard InChI is InChI=1S/C14H24N2O3S/c1-2-12-16(11(9-20-12)13(17)18)14(19)15-8-7-10-5-3-4-6-10/h10-12H,2-9H2,1H3,(H,15,19)(H,17,18). The fourth-order valence-corrected chi connectivity index (χ4v) is 4.46. The maximum Gasteiger partial charge on any atom is 0.327 e. The summed E-state index contributed by atoms with van der Waals surface area (Å²) in [4.78, 5) is 25.0. The van der Waals surface area contributed by atoms with Crippen molar-refractivity contribution in [3.8, 4) is 0 Å². The van der Waals surface area contributed by atoms with Gasteiger partial charge in [-0.05, 0) is 18.8 Å². The lowest BCUT2D eigenvalue weighted by atomic mass is 10.0. The molecule has 0 aromatic rings. The summed E-state index contributed by atoms with van der Waals surface area (Å²) in [6.45, 7) is 2.65. The van der Waals surface area contributed by atoms with Crippen LogP contribution in [0.3, 0.4) is 0 Å². The van der Waals surface area contributed by atoms with Crippen LogP contribution in [0.25, 0.3) is 0 Å². The minimum Gasteiger partial charge on any atom is -0.480 e. The molecule has 0 bridgehead atoms. The molecule has 0 aromatic carbocycles.